The van der Waals surface area contributed by atoms with Crippen LogP contribution in [0.25, 0.3) is 5.65 Å². The minimum absolute atomic E-state index is 0.0146. The minimum atomic E-state index is -0.869. The third-order valence-corrected chi connectivity index (χ3v) is 2.09. The van der Waals surface area contributed by atoms with Crippen LogP contribution >= 0.6 is 11.6 Å². The zero-order valence-electron chi connectivity index (χ0n) is 7.59. The zero-order chi connectivity index (χ0) is 10.8. The normalized spacial score (nSPS) is 10.7. The SMILES string of the molecule is O=C(O)CCc1nnc2cnc(Cl)cn12. The van der Waals surface area contributed by atoms with Gasteiger partial charge in [-0.15, -0.1) is 10.2 Å². The first-order valence-corrected chi connectivity index (χ1v) is 4.61. The molecule has 0 bridgehead atoms. The molecule has 0 atom stereocenters. The number of rotatable bonds is 3. The Morgan fingerprint density at radius 2 is 2.33 bits per heavy atom. The van der Waals surface area contributed by atoms with Gasteiger partial charge in [0.1, 0.15) is 11.0 Å². The Hall–Kier alpha value is -1.69. The summed E-state index contributed by atoms with van der Waals surface area (Å²) in [6.45, 7) is 0. The van der Waals surface area contributed by atoms with Gasteiger partial charge in [-0.1, -0.05) is 11.6 Å². The first-order chi connectivity index (χ1) is 7.16. The van der Waals surface area contributed by atoms with E-state index in [4.69, 9.17) is 16.7 Å². The van der Waals surface area contributed by atoms with Crippen molar-refractivity contribution >= 4 is 23.2 Å². The highest BCUT2D eigenvalue weighted by Gasteiger charge is 2.07. The first kappa shape index (κ1) is 9.85. The molecule has 7 heteroatoms. The summed E-state index contributed by atoms with van der Waals surface area (Å²) in [5, 5.41) is 16.6. The second-order valence-corrected chi connectivity index (χ2v) is 3.34. The minimum Gasteiger partial charge on any atom is -0.481 e. The molecule has 2 rings (SSSR count). The molecule has 0 saturated carbocycles. The lowest BCUT2D eigenvalue weighted by Gasteiger charge is -1.97. The topological polar surface area (TPSA) is 80.4 Å². The number of hydrogen-bond donors (Lipinski definition) is 1. The molecule has 0 saturated heterocycles. The van der Waals surface area contributed by atoms with Crippen molar-refractivity contribution in [2.24, 2.45) is 0 Å². The highest BCUT2D eigenvalue weighted by molar-refractivity contribution is 6.29. The predicted octanol–water partition coefficient (Wildman–Crippen LogP) is 0.795. The highest BCUT2D eigenvalue weighted by Crippen LogP contribution is 2.09. The van der Waals surface area contributed by atoms with Crippen molar-refractivity contribution in [3.05, 3.63) is 23.4 Å². The van der Waals surface area contributed by atoms with E-state index in [0.717, 1.165) is 0 Å². The molecule has 2 aromatic rings. The molecule has 6 nitrogen and oxygen atoms in total. The Labute approximate surface area is 89.5 Å². The quantitative estimate of drug-likeness (QED) is 0.837. The second kappa shape index (κ2) is 3.82. The van der Waals surface area contributed by atoms with Gasteiger partial charge >= 0.3 is 5.97 Å². The summed E-state index contributed by atoms with van der Waals surface area (Å²) in [5.74, 6) is -0.302. The number of nitrogens with zero attached hydrogens (tertiary/aromatic N) is 4. The summed E-state index contributed by atoms with van der Waals surface area (Å²) in [6, 6.07) is 0. The van der Waals surface area contributed by atoms with Crippen LogP contribution in [0.4, 0.5) is 0 Å². The lowest BCUT2D eigenvalue weighted by Crippen LogP contribution is -2.01. The van der Waals surface area contributed by atoms with E-state index in [0.29, 0.717) is 23.0 Å². The van der Waals surface area contributed by atoms with E-state index in [9.17, 15) is 4.79 Å². The van der Waals surface area contributed by atoms with E-state index >= 15 is 0 Å². The Morgan fingerprint density at radius 1 is 1.53 bits per heavy atom. The van der Waals surface area contributed by atoms with E-state index < -0.39 is 5.97 Å². The van der Waals surface area contributed by atoms with Gasteiger partial charge in [0.2, 0.25) is 0 Å². The fourth-order valence-corrected chi connectivity index (χ4v) is 1.36. The van der Waals surface area contributed by atoms with Gasteiger partial charge in [0.15, 0.2) is 5.65 Å². The van der Waals surface area contributed by atoms with Crippen LogP contribution in [0.3, 0.4) is 0 Å². The van der Waals surface area contributed by atoms with E-state index in [1.54, 1.807) is 10.6 Å². The molecule has 0 aromatic carbocycles. The fourth-order valence-electron chi connectivity index (χ4n) is 1.21. The monoisotopic (exact) mass is 226 g/mol. The molecular weight excluding hydrogens is 220 g/mol. The van der Waals surface area contributed by atoms with Crippen molar-refractivity contribution in [2.45, 2.75) is 12.8 Å². The van der Waals surface area contributed by atoms with E-state index in [1.165, 1.54) is 6.20 Å². The van der Waals surface area contributed by atoms with Crippen LogP contribution in [-0.2, 0) is 11.2 Å². The molecule has 0 unspecified atom stereocenters. The zero-order valence-corrected chi connectivity index (χ0v) is 8.35. The Morgan fingerprint density at radius 3 is 3.07 bits per heavy atom. The average molecular weight is 227 g/mol. The summed E-state index contributed by atoms with van der Waals surface area (Å²) in [7, 11) is 0. The van der Waals surface area contributed by atoms with Crippen molar-refractivity contribution in [1.82, 2.24) is 19.6 Å². The van der Waals surface area contributed by atoms with Crippen molar-refractivity contribution in [1.29, 1.82) is 0 Å². The van der Waals surface area contributed by atoms with Crippen LogP contribution in [0.2, 0.25) is 5.15 Å². The second-order valence-electron chi connectivity index (χ2n) is 2.95. The van der Waals surface area contributed by atoms with Gasteiger partial charge in [0.25, 0.3) is 0 Å². The van der Waals surface area contributed by atoms with Crippen molar-refractivity contribution in [2.75, 3.05) is 0 Å². The van der Waals surface area contributed by atoms with E-state index in [2.05, 4.69) is 15.2 Å². The lowest BCUT2D eigenvalue weighted by atomic mass is 10.3. The molecule has 0 aliphatic heterocycles. The molecule has 2 aromatic heterocycles. The van der Waals surface area contributed by atoms with Gasteiger partial charge in [-0.05, 0) is 0 Å². The van der Waals surface area contributed by atoms with Gasteiger partial charge < -0.3 is 5.11 Å². The molecule has 78 valence electrons. The van der Waals surface area contributed by atoms with Crippen molar-refractivity contribution < 1.29 is 9.90 Å². The standard InChI is InChI=1S/C8H7ClN4O2/c9-5-4-13-6(1-2-8(14)15)11-12-7(13)3-10-5/h3-4H,1-2H2,(H,14,15). The van der Waals surface area contributed by atoms with Crippen LogP contribution in [0.1, 0.15) is 12.2 Å². The van der Waals surface area contributed by atoms with Gasteiger partial charge in [-0.25, -0.2) is 4.98 Å². The molecule has 0 radical (unpaired) electrons. The number of carboxylic acid groups (broad SMARTS) is 1. The van der Waals surface area contributed by atoms with Crippen molar-refractivity contribution in [3.63, 3.8) is 0 Å². The van der Waals surface area contributed by atoms with Gasteiger partial charge in [0.05, 0.1) is 12.6 Å². The molecular formula is C8H7ClN4O2. The third-order valence-electron chi connectivity index (χ3n) is 1.89. The predicted molar refractivity (Wildman–Crippen MR) is 51.7 cm³/mol. The largest absolute Gasteiger partial charge is 0.481 e. The van der Waals surface area contributed by atoms with Crippen LogP contribution in [0.5, 0.6) is 0 Å². The molecule has 2 heterocycles. The number of carbonyl (C=O) groups is 1. The number of aliphatic carboxylic acids is 1. The van der Waals surface area contributed by atoms with Gasteiger partial charge in [-0.3, -0.25) is 9.20 Å². The Bertz CT molecular complexity index is 510. The van der Waals surface area contributed by atoms with Crippen LogP contribution < -0.4 is 0 Å². The smallest absolute Gasteiger partial charge is 0.303 e. The maximum absolute atomic E-state index is 10.4. The Balaban J connectivity index is 2.35. The molecule has 0 amide bonds. The molecule has 1 N–H and O–H groups in total. The first-order valence-electron chi connectivity index (χ1n) is 4.24. The number of halogens is 1. The summed E-state index contributed by atoms with van der Waals surface area (Å²) >= 11 is 5.71. The van der Waals surface area contributed by atoms with E-state index in [-0.39, 0.29) is 6.42 Å². The number of fused-ring (bicyclic) bond motifs is 1. The van der Waals surface area contributed by atoms with Crippen LogP contribution in [0, 0.1) is 0 Å². The maximum atomic E-state index is 10.4. The number of hydrogen-bond acceptors (Lipinski definition) is 4. The summed E-state index contributed by atoms with van der Waals surface area (Å²) in [6.07, 6.45) is 3.38. The molecule has 0 spiro atoms. The Kier molecular flexibility index (Phi) is 2.51. The maximum Gasteiger partial charge on any atom is 0.303 e. The van der Waals surface area contributed by atoms with Crippen LogP contribution in [0.15, 0.2) is 12.4 Å². The molecule has 0 aliphatic rings. The summed E-state index contributed by atoms with van der Waals surface area (Å²) in [5.41, 5.74) is 0.555. The van der Waals surface area contributed by atoms with Gasteiger partial charge in [0, 0.05) is 12.6 Å². The summed E-state index contributed by atoms with van der Waals surface area (Å²) in [4.78, 5) is 14.2. The number of aromatic nitrogens is 4. The summed E-state index contributed by atoms with van der Waals surface area (Å²) < 4.78 is 1.64. The van der Waals surface area contributed by atoms with Gasteiger partial charge in [-0.2, -0.15) is 0 Å². The van der Waals surface area contributed by atoms with Crippen molar-refractivity contribution in [3.8, 4) is 0 Å². The van der Waals surface area contributed by atoms with Crippen LogP contribution in [-0.4, -0.2) is 30.7 Å². The average Bonchev–Trinajstić information content (AvgIpc) is 2.57. The highest BCUT2D eigenvalue weighted by atomic mass is 35.5. The fraction of sp³-hybridized carbons (Fsp3) is 0.250. The molecule has 15 heavy (non-hydrogen) atoms. The molecule has 0 fully saturated rings. The number of aryl methyl sites for hydroxylation is 1. The third kappa shape index (κ3) is 2.04. The lowest BCUT2D eigenvalue weighted by molar-refractivity contribution is -0.137. The number of carboxylic acids is 1. The van der Waals surface area contributed by atoms with E-state index in [1.807, 2.05) is 0 Å². The molecule has 0 aliphatic carbocycles.